The molecule has 0 amide bonds. The first-order chi connectivity index (χ1) is 12.2. The molecule has 0 aliphatic heterocycles. The van der Waals surface area contributed by atoms with Gasteiger partial charge in [0.2, 0.25) is 0 Å². The van der Waals surface area contributed by atoms with Crippen molar-refractivity contribution in [2.24, 2.45) is 0 Å². The van der Waals surface area contributed by atoms with Crippen LogP contribution in [-0.4, -0.2) is 9.67 Å². The molecule has 0 aliphatic rings. The van der Waals surface area contributed by atoms with Gasteiger partial charge in [-0.05, 0) is 35.7 Å². The van der Waals surface area contributed by atoms with Gasteiger partial charge < -0.3 is 9.67 Å². The van der Waals surface area contributed by atoms with Crippen LogP contribution in [0.15, 0.2) is 78.9 Å². The molecule has 2 nitrogen and oxygen atoms in total. The Balaban J connectivity index is 2.13. The average molecular weight is 344 g/mol. The molecule has 120 valence electrons. The van der Waals surface area contributed by atoms with Crippen molar-refractivity contribution in [1.82, 2.24) is 4.57 Å². The number of phenols is 1. The van der Waals surface area contributed by atoms with Crippen LogP contribution in [0.25, 0.3) is 38.3 Å². The zero-order valence-electron chi connectivity index (χ0n) is 13.3. The molecule has 0 atom stereocenters. The van der Waals surface area contributed by atoms with Gasteiger partial charge in [-0.3, -0.25) is 0 Å². The molecule has 5 aromatic rings. The van der Waals surface area contributed by atoms with Gasteiger partial charge in [-0.1, -0.05) is 60.1 Å². The summed E-state index contributed by atoms with van der Waals surface area (Å²) in [5.74, 6) is 0.288. The highest BCUT2D eigenvalue weighted by Gasteiger charge is 2.18. The zero-order valence-corrected chi connectivity index (χ0v) is 14.0. The topological polar surface area (TPSA) is 25.2 Å². The first kappa shape index (κ1) is 14.4. The second kappa shape index (κ2) is 5.27. The molecule has 0 aliphatic carbocycles. The van der Waals surface area contributed by atoms with Gasteiger partial charge in [-0.25, -0.2) is 0 Å². The number of fused-ring (bicyclic) bond motifs is 5. The predicted molar refractivity (Wildman–Crippen MR) is 105 cm³/mol. The van der Waals surface area contributed by atoms with Crippen LogP contribution in [0.5, 0.6) is 5.75 Å². The molecule has 0 spiro atoms. The summed E-state index contributed by atoms with van der Waals surface area (Å²) in [5.41, 5.74) is 3.03. The number of phenolic OH excluding ortho intramolecular Hbond substituents is 1. The summed E-state index contributed by atoms with van der Waals surface area (Å²) in [6.45, 7) is 0. The van der Waals surface area contributed by atoms with Gasteiger partial charge in [0.25, 0.3) is 0 Å². The SMILES string of the molecule is Oc1cc2ccccc2c2c1c1ccc(Cl)cc1n2-c1ccccc1. The van der Waals surface area contributed by atoms with E-state index in [1.54, 1.807) is 0 Å². The maximum Gasteiger partial charge on any atom is 0.126 e. The van der Waals surface area contributed by atoms with Gasteiger partial charge in [0.05, 0.1) is 16.4 Å². The molecule has 0 bridgehead atoms. The molecule has 3 heteroatoms. The highest BCUT2D eigenvalue weighted by molar-refractivity contribution is 6.32. The lowest BCUT2D eigenvalue weighted by Crippen LogP contribution is -1.94. The van der Waals surface area contributed by atoms with Gasteiger partial charge in [0.1, 0.15) is 5.75 Å². The van der Waals surface area contributed by atoms with E-state index in [4.69, 9.17) is 11.6 Å². The van der Waals surface area contributed by atoms with Crippen molar-refractivity contribution in [3.63, 3.8) is 0 Å². The van der Waals surface area contributed by atoms with E-state index in [-0.39, 0.29) is 5.75 Å². The maximum atomic E-state index is 10.8. The van der Waals surface area contributed by atoms with Gasteiger partial charge in [0, 0.05) is 21.5 Å². The normalized spacial score (nSPS) is 11.6. The van der Waals surface area contributed by atoms with Crippen LogP contribution in [0, 0.1) is 0 Å². The van der Waals surface area contributed by atoms with Crippen molar-refractivity contribution in [2.75, 3.05) is 0 Å². The lowest BCUT2D eigenvalue weighted by molar-refractivity contribution is 0.483. The van der Waals surface area contributed by atoms with Crippen molar-refractivity contribution >= 4 is 44.2 Å². The van der Waals surface area contributed by atoms with Crippen LogP contribution < -0.4 is 0 Å². The Morgan fingerprint density at radius 3 is 2.36 bits per heavy atom. The molecule has 0 saturated carbocycles. The molecule has 0 saturated heterocycles. The Morgan fingerprint density at radius 2 is 1.52 bits per heavy atom. The average Bonchev–Trinajstić information content (AvgIpc) is 2.97. The van der Waals surface area contributed by atoms with Crippen molar-refractivity contribution in [3.8, 4) is 11.4 Å². The van der Waals surface area contributed by atoms with Crippen molar-refractivity contribution in [3.05, 3.63) is 83.9 Å². The van der Waals surface area contributed by atoms with Crippen LogP contribution in [0.2, 0.25) is 5.02 Å². The minimum absolute atomic E-state index is 0.288. The number of para-hydroxylation sites is 1. The molecule has 4 aromatic carbocycles. The summed E-state index contributed by atoms with van der Waals surface area (Å²) in [6, 6.07) is 25.9. The summed E-state index contributed by atoms with van der Waals surface area (Å²) in [7, 11) is 0. The smallest absolute Gasteiger partial charge is 0.126 e. The van der Waals surface area contributed by atoms with Crippen LogP contribution >= 0.6 is 11.6 Å². The number of nitrogens with zero attached hydrogens (tertiary/aromatic N) is 1. The number of benzene rings is 4. The van der Waals surface area contributed by atoms with E-state index in [9.17, 15) is 5.11 Å². The third-order valence-corrected chi connectivity index (χ3v) is 4.94. The van der Waals surface area contributed by atoms with Crippen LogP contribution in [0.1, 0.15) is 0 Å². The standard InChI is InChI=1S/C22H14ClNO/c23-15-10-11-18-19(13-15)24(16-7-2-1-3-8-16)22-17-9-5-4-6-14(17)12-20(25)21(18)22/h1-13,25H. The molecule has 0 unspecified atom stereocenters. The van der Waals surface area contributed by atoms with Crippen molar-refractivity contribution < 1.29 is 5.11 Å². The number of rotatable bonds is 1. The first-order valence-corrected chi connectivity index (χ1v) is 8.51. The van der Waals surface area contributed by atoms with Crippen molar-refractivity contribution in [1.29, 1.82) is 0 Å². The largest absolute Gasteiger partial charge is 0.507 e. The van der Waals surface area contributed by atoms with E-state index in [0.29, 0.717) is 5.02 Å². The Hall–Kier alpha value is -2.97. The molecule has 1 heterocycles. The highest BCUT2D eigenvalue weighted by Crippen LogP contribution is 2.42. The Morgan fingerprint density at radius 1 is 0.760 bits per heavy atom. The first-order valence-electron chi connectivity index (χ1n) is 8.14. The number of hydrogen-bond acceptors (Lipinski definition) is 1. The molecule has 5 rings (SSSR count). The summed E-state index contributed by atoms with van der Waals surface area (Å²) in [5, 5.41) is 15.4. The third-order valence-electron chi connectivity index (χ3n) is 4.71. The molecule has 25 heavy (non-hydrogen) atoms. The van der Waals surface area contributed by atoms with Crippen molar-refractivity contribution in [2.45, 2.75) is 0 Å². The Bertz CT molecular complexity index is 1260. The molecular weight excluding hydrogens is 330 g/mol. The number of halogens is 1. The zero-order chi connectivity index (χ0) is 17.0. The number of hydrogen-bond donors (Lipinski definition) is 1. The molecular formula is C22H14ClNO. The monoisotopic (exact) mass is 343 g/mol. The Kier molecular flexibility index (Phi) is 3.03. The predicted octanol–water partition coefficient (Wildman–Crippen LogP) is 6.30. The van der Waals surface area contributed by atoms with E-state index in [0.717, 1.165) is 38.3 Å². The lowest BCUT2D eigenvalue weighted by Gasteiger charge is -2.10. The number of aromatic nitrogens is 1. The Labute approximate surface area is 149 Å². The fourth-order valence-corrected chi connectivity index (χ4v) is 3.85. The number of aromatic hydroxyl groups is 1. The van der Waals surface area contributed by atoms with E-state index in [1.807, 2.05) is 60.7 Å². The second-order valence-electron chi connectivity index (χ2n) is 6.17. The van der Waals surface area contributed by atoms with Gasteiger partial charge in [-0.2, -0.15) is 0 Å². The van der Waals surface area contributed by atoms with Gasteiger partial charge >= 0.3 is 0 Å². The summed E-state index contributed by atoms with van der Waals surface area (Å²) in [4.78, 5) is 0. The highest BCUT2D eigenvalue weighted by atomic mass is 35.5. The third kappa shape index (κ3) is 2.04. The van der Waals surface area contributed by atoms with Gasteiger partial charge in [-0.15, -0.1) is 0 Å². The molecule has 0 fully saturated rings. The van der Waals surface area contributed by atoms with Crippen LogP contribution in [0.4, 0.5) is 0 Å². The van der Waals surface area contributed by atoms with E-state index in [1.165, 1.54) is 0 Å². The van der Waals surface area contributed by atoms with Gasteiger partial charge in [0.15, 0.2) is 0 Å². The fourth-order valence-electron chi connectivity index (χ4n) is 3.68. The van der Waals surface area contributed by atoms with E-state index < -0.39 is 0 Å². The molecule has 1 N–H and O–H groups in total. The lowest BCUT2D eigenvalue weighted by atomic mass is 10.0. The molecule has 1 aromatic heterocycles. The van der Waals surface area contributed by atoms with E-state index in [2.05, 4.69) is 22.8 Å². The minimum atomic E-state index is 0.288. The van der Waals surface area contributed by atoms with Crippen LogP contribution in [-0.2, 0) is 0 Å². The molecule has 0 radical (unpaired) electrons. The van der Waals surface area contributed by atoms with E-state index >= 15 is 0 Å². The maximum absolute atomic E-state index is 10.8. The van der Waals surface area contributed by atoms with Crippen LogP contribution in [0.3, 0.4) is 0 Å². The summed E-state index contributed by atoms with van der Waals surface area (Å²) in [6.07, 6.45) is 0. The quantitative estimate of drug-likeness (QED) is 0.380. The second-order valence-corrected chi connectivity index (χ2v) is 6.61. The minimum Gasteiger partial charge on any atom is -0.507 e. The summed E-state index contributed by atoms with van der Waals surface area (Å²) < 4.78 is 2.18. The summed E-state index contributed by atoms with van der Waals surface area (Å²) >= 11 is 6.29. The fraction of sp³-hybridized carbons (Fsp3) is 0.